The summed E-state index contributed by atoms with van der Waals surface area (Å²) in [4.78, 5) is 4.48. The van der Waals surface area contributed by atoms with Crippen molar-refractivity contribution in [2.24, 2.45) is 0 Å². The molecule has 0 atom stereocenters. The first-order valence-corrected chi connectivity index (χ1v) is 24.6. The second-order valence-corrected chi connectivity index (χ2v) is 19.2. The maximum Gasteiger partial charge on any atom is 0.101 e. The van der Waals surface area contributed by atoms with Crippen LogP contribution in [0.4, 0.5) is 0 Å². The second kappa shape index (κ2) is 18.0. The van der Waals surface area contributed by atoms with Gasteiger partial charge in [-0.1, -0.05) is 88.8 Å². The summed E-state index contributed by atoms with van der Waals surface area (Å²) in [7, 11) is 0. The molecule has 0 saturated heterocycles. The first-order chi connectivity index (χ1) is 29.6. The topological polar surface area (TPSA) is 57.4 Å². The molecule has 9 aromatic rings. The third-order valence-electron chi connectivity index (χ3n) is 11.6. The Hall–Kier alpha value is -5.48. The Morgan fingerprint density at radius 2 is 0.967 bits per heavy atom. The van der Waals surface area contributed by atoms with Crippen molar-refractivity contribution in [3.63, 3.8) is 0 Å². The number of aryl methyl sites for hydroxylation is 2. The highest BCUT2D eigenvalue weighted by Gasteiger charge is 2.29. The zero-order valence-electron chi connectivity index (χ0n) is 34.0. The fourth-order valence-corrected chi connectivity index (χ4v) is 11.8. The van der Waals surface area contributed by atoms with Crippen molar-refractivity contribution in [3.05, 3.63) is 127 Å². The van der Waals surface area contributed by atoms with E-state index in [0.29, 0.717) is 11.1 Å². The van der Waals surface area contributed by atoms with Gasteiger partial charge in [-0.15, -0.1) is 45.3 Å². The van der Waals surface area contributed by atoms with Gasteiger partial charge in [-0.05, 0) is 106 Å². The molecule has 4 nitrogen and oxygen atoms in total. The van der Waals surface area contributed by atoms with Crippen molar-refractivity contribution in [1.82, 2.24) is 9.13 Å². The zero-order chi connectivity index (χ0) is 41.0. The van der Waals surface area contributed by atoms with Crippen LogP contribution in [0.3, 0.4) is 0 Å². The van der Waals surface area contributed by atoms with Gasteiger partial charge in [0.1, 0.15) is 12.1 Å². The van der Waals surface area contributed by atoms with Crippen LogP contribution in [0.1, 0.15) is 86.1 Å². The number of aromatic nitrogens is 2. The average Bonchev–Trinajstić information content (AvgIpc) is 4.14. The first-order valence-electron chi connectivity index (χ1n) is 21.1. The number of nitrogens with zero attached hydrogens (tertiary/aromatic N) is 4. The van der Waals surface area contributed by atoms with Crippen LogP contribution in [0, 0.1) is 22.7 Å². The normalized spacial score (nSPS) is 12.3. The van der Waals surface area contributed by atoms with Gasteiger partial charge in [0, 0.05) is 76.3 Å². The van der Waals surface area contributed by atoms with Gasteiger partial charge < -0.3 is 9.13 Å². The standard InChI is InChI=1S/C52H46N4S4/c1-3-5-7-9-23-55-41-21-19-35(29-37(33-53)43-15-11-25-57-43)31-39(41)47-50(46-18-14-28-60-46)52-48(49(51(47)55)45-17-13-27-59-45)40-32-36(30-38(34-54)44-16-12-26-58-44)20-22-42(40)56(52)24-10-8-6-4-2/h11-22,25-32H,3-10,23-24H2,1-2H3/b37-29+,38-30+. The number of hydrogen-bond donors (Lipinski definition) is 0. The predicted octanol–water partition coefficient (Wildman–Crippen LogP) is 16.8. The van der Waals surface area contributed by atoms with E-state index in [1.165, 1.54) is 103 Å². The van der Waals surface area contributed by atoms with Crippen molar-refractivity contribution >= 4 is 112 Å². The molecule has 0 fully saturated rings. The Kier molecular flexibility index (Phi) is 12.0. The lowest BCUT2D eigenvalue weighted by Gasteiger charge is -2.17. The third-order valence-corrected chi connectivity index (χ3v) is 15.2. The van der Waals surface area contributed by atoms with Gasteiger partial charge in [0.2, 0.25) is 0 Å². The summed E-state index contributed by atoms with van der Waals surface area (Å²) in [6, 6.07) is 35.8. The van der Waals surface area contributed by atoms with E-state index in [-0.39, 0.29) is 0 Å². The molecule has 0 amide bonds. The van der Waals surface area contributed by atoms with Crippen LogP contribution in [-0.4, -0.2) is 9.13 Å². The summed E-state index contributed by atoms with van der Waals surface area (Å²) in [5.41, 5.74) is 11.0. The van der Waals surface area contributed by atoms with Crippen molar-refractivity contribution in [2.45, 2.75) is 78.3 Å². The SMILES string of the molecule is CCCCCCn1c2ccc(/C=C(\C#N)c3cccs3)cc2c2c(-c3cccs3)c3c(c(-c4cccs4)c21)c1cc(/C=C(\C#N)c2cccs2)ccc1n3CCCCCC. The summed E-state index contributed by atoms with van der Waals surface area (Å²) in [5.74, 6) is 0. The number of hydrogen-bond acceptors (Lipinski definition) is 6. The Labute approximate surface area is 368 Å². The van der Waals surface area contributed by atoms with Gasteiger partial charge in [-0.2, -0.15) is 10.5 Å². The van der Waals surface area contributed by atoms with Gasteiger partial charge in [-0.25, -0.2) is 0 Å². The first kappa shape index (κ1) is 40.0. The summed E-state index contributed by atoms with van der Waals surface area (Å²) >= 11 is 6.84. The van der Waals surface area contributed by atoms with Crippen LogP contribution in [0.15, 0.2) is 106 Å². The number of allylic oxidation sites excluding steroid dienone is 2. The summed E-state index contributed by atoms with van der Waals surface area (Å²) in [5, 5.41) is 34.1. The van der Waals surface area contributed by atoms with Crippen LogP contribution < -0.4 is 0 Å². The third kappa shape index (κ3) is 7.48. The summed E-state index contributed by atoms with van der Waals surface area (Å²) in [6.07, 6.45) is 13.5. The lowest BCUT2D eigenvalue weighted by molar-refractivity contribution is 0.602. The highest BCUT2D eigenvalue weighted by atomic mass is 32.1. The van der Waals surface area contributed by atoms with Crippen molar-refractivity contribution in [2.75, 3.05) is 0 Å². The number of benzene rings is 3. The average molecular weight is 855 g/mol. The van der Waals surface area contributed by atoms with E-state index < -0.39 is 0 Å². The molecule has 3 aromatic carbocycles. The minimum Gasteiger partial charge on any atom is -0.340 e. The van der Waals surface area contributed by atoms with E-state index >= 15 is 0 Å². The minimum absolute atomic E-state index is 0.684. The van der Waals surface area contributed by atoms with E-state index in [4.69, 9.17) is 0 Å². The van der Waals surface area contributed by atoms with Crippen LogP contribution in [-0.2, 0) is 13.1 Å². The second-order valence-electron chi connectivity index (χ2n) is 15.4. The highest BCUT2D eigenvalue weighted by molar-refractivity contribution is 7.14. The van der Waals surface area contributed by atoms with Crippen LogP contribution in [0.5, 0.6) is 0 Å². The number of fused-ring (bicyclic) bond motifs is 6. The van der Waals surface area contributed by atoms with Gasteiger partial charge >= 0.3 is 0 Å². The van der Waals surface area contributed by atoms with E-state index in [1.54, 1.807) is 22.7 Å². The number of nitriles is 2. The van der Waals surface area contributed by atoms with Crippen LogP contribution in [0.25, 0.3) is 87.8 Å². The molecule has 6 heterocycles. The quantitative estimate of drug-likeness (QED) is 0.0718. The van der Waals surface area contributed by atoms with Gasteiger partial charge in [-0.3, -0.25) is 0 Å². The lowest BCUT2D eigenvalue weighted by atomic mass is 9.94. The molecule has 0 saturated carbocycles. The van der Waals surface area contributed by atoms with E-state index in [2.05, 4.69) is 119 Å². The lowest BCUT2D eigenvalue weighted by Crippen LogP contribution is -2.02. The largest absolute Gasteiger partial charge is 0.340 e. The number of unbranched alkanes of at least 4 members (excludes halogenated alkanes) is 6. The molecule has 0 radical (unpaired) electrons. The Morgan fingerprint density at radius 1 is 0.533 bits per heavy atom. The zero-order valence-corrected chi connectivity index (χ0v) is 37.3. The Bertz CT molecular complexity index is 2850. The maximum absolute atomic E-state index is 10.3. The Morgan fingerprint density at radius 3 is 1.33 bits per heavy atom. The molecule has 0 bridgehead atoms. The maximum atomic E-state index is 10.3. The molecular weight excluding hydrogens is 809 g/mol. The highest BCUT2D eigenvalue weighted by Crippen LogP contribution is 2.52. The molecule has 9 rings (SSSR count). The number of thiophene rings is 4. The summed E-state index contributed by atoms with van der Waals surface area (Å²) in [6.45, 7) is 6.39. The number of rotatable bonds is 16. The van der Waals surface area contributed by atoms with E-state index in [0.717, 1.165) is 46.8 Å². The van der Waals surface area contributed by atoms with Crippen molar-refractivity contribution in [3.8, 4) is 33.0 Å². The Balaban J connectivity index is 1.45. The van der Waals surface area contributed by atoms with Gasteiger partial charge in [0.05, 0.1) is 22.2 Å². The fraction of sp³-hybridized carbons (Fsp3) is 0.231. The van der Waals surface area contributed by atoms with E-state index in [9.17, 15) is 10.5 Å². The molecule has 0 unspecified atom stereocenters. The molecule has 0 N–H and O–H groups in total. The van der Waals surface area contributed by atoms with Gasteiger partial charge in [0.25, 0.3) is 0 Å². The van der Waals surface area contributed by atoms with Crippen LogP contribution in [0.2, 0.25) is 0 Å². The minimum atomic E-state index is 0.684. The molecule has 298 valence electrons. The molecule has 0 aliphatic carbocycles. The molecular formula is C52H46N4S4. The summed E-state index contributed by atoms with van der Waals surface area (Å²) < 4.78 is 5.26. The van der Waals surface area contributed by atoms with E-state index in [1.807, 2.05) is 57.7 Å². The molecule has 60 heavy (non-hydrogen) atoms. The van der Waals surface area contributed by atoms with Crippen LogP contribution >= 0.6 is 45.3 Å². The van der Waals surface area contributed by atoms with Crippen molar-refractivity contribution in [1.29, 1.82) is 10.5 Å². The molecule has 0 spiro atoms. The van der Waals surface area contributed by atoms with Crippen molar-refractivity contribution < 1.29 is 0 Å². The molecule has 8 heteroatoms. The predicted molar refractivity (Wildman–Crippen MR) is 263 cm³/mol. The smallest absolute Gasteiger partial charge is 0.101 e. The van der Waals surface area contributed by atoms with Gasteiger partial charge in [0.15, 0.2) is 0 Å². The molecule has 0 aliphatic rings. The fourth-order valence-electron chi connectivity index (χ4n) is 8.88. The molecule has 6 aromatic heterocycles. The monoisotopic (exact) mass is 854 g/mol. The molecule has 0 aliphatic heterocycles.